The van der Waals surface area contributed by atoms with Crippen LogP contribution >= 0.6 is 0 Å². The maximum atomic E-state index is 13.1. The smallest absolute Gasteiger partial charge is 0.290 e. The van der Waals surface area contributed by atoms with Crippen LogP contribution in [0.25, 0.3) is 11.0 Å². The van der Waals surface area contributed by atoms with Gasteiger partial charge in [0, 0.05) is 17.5 Å². The van der Waals surface area contributed by atoms with E-state index >= 15 is 0 Å². The molecular weight excluding hydrogens is 305 g/mol. The van der Waals surface area contributed by atoms with Crippen LogP contribution in [-0.2, 0) is 0 Å². The summed E-state index contributed by atoms with van der Waals surface area (Å²) in [6.07, 6.45) is 0.885. The fraction of sp³-hybridized carbons (Fsp3) is 0.250. The molecule has 0 radical (unpaired) electrons. The fourth-order valence-electron chi connectivity index (χ4n) is 3.33. The summed E-state index contributed by atoms with van der Waals surface area (Å²) < 4.78 is 19.0. The monoisotopic (exact) mass is 323 g/mol. The van der Waals surface area contributed by atoms with E-state index in [4.69, 9.17) is 4.42 Å². The number of furan rings is 1. The lowest BCUT2D eigenvalue weighted by atomic mass is 9.94. The Bertz CT molecular complexity index is 927. The maximum absolute atomic E-state index is 13.1. The van der Waals surface area contributed by atoms with E-state index in [9.17, 15) is 9.18 Å². The van der Waals surface area contributed by atoms with Crippen molar-refractivity contribution in [3.63, 3.8) is 0 Å². The molecule has 2 aromatic carbocycles. The van der Waals surface area contributed by atoms with Gasteiger partial charge in [0.25, 0.3) is 5.91 Å². The molecule has 4 heteroatoms. The second-order valence-corrected chi connectivity index (χ2v) is 6.41. The Morgan fingerprint density at radius 2 is 1.92 bits per heavy atom. The first kappa shape index (κ1) is 14.9. The van der Waals surface area contributed by atoms with Crippen molar-refractivity contribution in [2.45, 2.75) is 26.3 Å². The van der Waals surface area contributed by atoms with E-state index in [0.29, 0.717) is 12.3 Å². The predicted molar refractivity (Wildman–Crippen MR) is 90.5 cm³/mol. The highest BCUT2D eigenvalue weighted by Crippen LogP contribution is 2.36. The predicted octanol–water partition coefficient (Wildman–Crippen LogP) is 4.78. The van der Waals surface area contributed by atoms with E-state index in [-0.39, 0.29) is 17.8 Å². The molecule has 122 valence electrons. The molecule has 1 aliphatic heterocycles. The highest BCUT2D eigenvalue weighted by Gasteiger charge is 2.36. The first-order valence-electron chi connectivity index (χ1n) is 8.11. The van der Waals surface area contributed by atoms with E-state index in [1.165, 1.54) is 12.1 Å². The van der Waals surface area contributed by atoms with Crippen LogP contribution in [0.5, 0.6) is 0 Å². The van der Waals surface area contributed by atoms with Gasteiger partial charge >= 0.3 is 0 Å². The van der Waals surface area contributed by atoms with E-state index in [2.05, 4.69) is 0 Å². The molecule has 0 N–H and O–H groups in total. The molecule has 0 aliphatic carbocycles. The third-order valence-electron chi connectivity index (χ3n) is 4.82. The molecule has 0 saturated carbocycles. The minimum absolute atomic E-state index is 0.00699. The molecule has 3 nitrogen and oxygen atoms in total. The number of carbonyl (C=O) groups excluding carboxylic acids is 1. The van der Waals surface area contributed by atoms with Crippen molar-refractivity contribution < 1.29 is 13.6 Å². The lowest BCUT2D eigenvalue weighted by molar-refractivity contribution is 0.0429. The van der Waals surface area contributed by atoms with Gasteiger partial charge < -0.3 is 9.32 Å². The summed E-state index contributed by atoms with van der Waals surface area (Å²) in [5, 5.41) is 0.975. The summed E-state index contributed by atoms with van der Waals surface area (Å²) in [6, 6.07) is 12.3. The van der Waals surface area contributed by atoms with Crippen LogP contribution in [-0.4, -0.2) is 17.4 Å². The summed E-state index contributed by atoms with van der Waals surface area (Å²) in [4.78, 5) is 14.7. The van der Waals surface area contributed by atoms with Crippen LogP contribution in [0.3, 0.4) is 0 Å². The lowest BCUT2D eigenvalue weighted by Gasteiger charge is -2.41. The minimum Gasteiger partial charge on any atom is -0.451 e. The zero-order valence-electron chi connectivity index (χ0n) is 13.7. The molecule has 3 aromatic rings. The average molecular weight is 323 g/mol. The molecule has 2 heterocycles. The molecule has 1 atom stereocenters. The second kappa shape index (κ2) is 5.48. The molecule has 1 aliphatic rings. The van der Waals surface area contributed by atoms with Gasteiger partial charge in [-0.2, -0.15) is 0 Å². The molecular formula is C20H18FNO2. The lowest BCUT2D eigenvalue weighted by Crippen LogP contribution is -2.45. The minimum atomic E-state index is -0.264. The Hall–Kier alpha value is -2.62. The van der Waals surface area contributed by atoms with Crippen molar-refractivity contribution in [3.05, 3.63) is 70.7 Å². The van der Waals surface area contributed by atoms with Gasteiger partial charge in [-0.15, -0.1) is 0 Å². The van der Waals surface area contributed by atoms with Gasteiger partial charge in [0.2, 0.25) is 0 Å². The van der Waals surface area contributed by atoms with E-state index in [0.717, 1.165) is 34.1 Å². The van der Waals surface area contributed by atoms with Crippen molar-refractivity contribution in [1.82, 2.24) is 4.90 Å². The Labute approximate surface area is 139 Å². The van der Waals surface area contributed by atoms with Crippen LogP contribution in [0.4, 0.5) is 4.39 Å². The normalized spacial score (nSPS) is 17.1. The van der Waals surface area contributed by atoms with Gasteiger partial charge in [0.15, 0.2) is 5.76 Å². The average Bonchev–Trinajstić information content (AvgIpc) is 2.84. The quantitative estimate of drug-likeness (QED) is 0.680. The largest absolute Gasteiger partial charge is 0.451 e. The van der Waals surface area contributed by atoms with Crippen molar-refractivity contribution in [2.24, 2.45) is 0 Å². The Balaban J connectivity index is 1.66. The molecule has 1 saturated heterocycles. The van der Waals surface area contributed by atoms with Crippen LogP contribution in [0, 0.1) is 19.7 Å². The third-order valence-corrected chi connectivity index (χ3v) is 4.82. The van der Waals surface area contributed by atoms with Crippen LogP contribution in [0.1, 0.15) is 39.7 Å². The number of fused-ring (bicyclic) bond motifs is 1. The van der Waals surface area contributed by atoms with Crippen molar-refractivity contribution in [1.29, 1.82) is 0 Å². The van der Waals surface area contributed by atoms with Gasteiger partial charge in [-0.25, -0.2) is 4.39 Å². The summed E-state index contributed by atoms with van der Waals surface area (Å²) in [7, 11) is 0. The zero-order chi connectivity index (χ0) is 16.8. The molecule has 1 amide bonds. The van der Waals surface area contributed by atoms with Crippen LogP contribution < -0.4 is 0 Å². The molecule has 4 rings (SSSR count). The van der Waals surface area contributed by atoms with E-state index in [1.54, 1.807) is 17.0 Å². The Morgan fingerprint density at radius 3 is 2.58 bits per heavy atom. The van der Waals surface area contributed by atoms with Crippen LogP contribution in [0.2, 0.25) is 0 Å². The van der Waals surface area contributed by atoms with Crippen molar-refractivity contribution in [3.8, 4) is 0 Å². The number of rotatable bonds is 2. The number of benzene rings is 2. The standard InChI is InChI=1S/C20H18FNO2/c1-12-3-8-16-13(2)19(24-18(16)11-12)20(23)22-10-9-17(22)14-4-6-15(21)7-5-14/h3-8,11,17H,9-10H2,1-2H3/t17-/m1/s1. The summed E-state index contributed by atoms with van der Waals surface area (Å²) in [5.41, 5.74) is 3.68. The number of hydrogen-bond donors (Lipinski definition) is 0. The van der Waals surface area contributed by atoms with Crippen molar-refractivity contribution >= 4 is 16.9 Å². The number of aryl methyl sites for hydroxylation is 2. The molecule has 1 fully saturated rings. The van der Waals surface area contributed by atoms with Gasteiger partial charge in [0.1, 0.15) is 11.4 Å². The number of likely N-dealkylation sites (tertiary alicyclic amines) is 1. The first-order valence-corrected chi connectivity index (χ1v) is 8.11. The van der Waals surface area contributed by atoms with Gasteiger partial charge in [-0.1, -0.05) is 24.3 Å². The van der Waals surface area contributed by atoms with Crippen LogP contribution in [0.15, 0.2) is 46.9 Å². The summed E-state index contributed by atoms with van der Waals surface area (Å²) in [5.74, 6) is 0.0452. The molecule has 1 aromatic heterocycles. The molecule has 0 unspecified atom stereocenters. The van der Waals surface area contributed by atoms with E-state index in [1.807, 2.05) is 32.0 Å². The molecule has 24 heavy (non-hydrogen) atoms. The van der Waals surface area contributed by atoms with Gasteiger partial charge in [0.05, 0.1) is 6.04 Å². The molecule has 0 bridgehead atoms. The fourth-order valence-corrected chi connectivity index (χ4v) is 3.33. The number of amides is 1. The Morgan fingerprint density at radius 1 is 1.17 bits per heavy atom. The Kier molecular flexibility index (Phi) is 3.41. The first-order chi connectivity index (χ1) is 11.5. The number of carbonyl (C=O) groups is 1. The number of halogens is 1. The maximum Gasteiger partial charge on any atom is 0.290 e. The topological polar surface area (TPSA) is 33.5 Å². The molecule has 0 spiro atoms. The summed E-state index contributed by atoms with van der Waals surface area (Å²) in [6.45, 7) is 4.61. The van der Waals surface area contributed by atoms with Gasteiger partial charge in [-0.3, -0.25) is 4.79 Å². The summed E-state index contributed by atoms with van der Waals surface area (Å²) >= 11 is 0. The second-order valence-electron chi connectivity index (χ2n) is 6.41. The highest BCUT2D eigenvalue weighted by molar-refractivity contribution is 5.99. The van der Waals surface area contributed by atoms with Gasteiger partial charge in [-0.05, 0) is 49.6 Å². The number of hydrogen-bond acceptors (Lipinski definition) is 2. The van der Waals surface area contributed by atoms with E-state index < -0.39 is 0 Å². The van der Waals surface area contributed by atoms with Crippen molar-refractivity contribution in [2.75, 3.05) is 6.54 Å². The highest BCUT2D eigenvalue weighted by atomic mass is 19.1. The zero-order valence-corrected chi connectivity index (χ0v) is 13.7. The third kappa shape index (κ3) is 2.30. The SMILES string of the molecule is Cc1ccc2c(C)c(C(=O)N3CC[C@@H]3c3ccc(F)cc3)oc2c1. The number of nitrogens with zero attached hydrogens (tertiary/aromatic N) is 1.